The van der Waals surface area contributed by atoms with Crippen LogP contribution in [0.4, 0.5) is 5.82 Å². The minimum atomic E-state index is -1.21. The summed E-state index contributed by atoms with van der Waals surface area (Å²) in [5, 5.41) is 8.46. The number of anilines is 1. The largest absolute Gasteiger partial charge is 0.477 e. The van der Waals surface area contributed by atoms with E-state index in [4.69, 9.17) is 28.0 Å². The summed E-state index contributed by atoms with van der Waals surface area (Å²) in [5.41, 5.74) is 2.11. The maximum Gasteiger partial charge on any atom is 0.354 e. The SMILES string of the molecule is C#CCONc1cc(C(=O)O)nc(Cl)n1. The van der Waals surface area contributed by atoms with E-state index >= 15 is 0 Å². The quantitative estimate of drug-likeness (QED) is 0.343. The van der Waals surface area contributed by atoms with Crippen molar-refractivity contribution in [1.29, 1.82) is 0 Å². The number of aromatic nitrogens is 2. The first-order valence-electron chi connectivity index (χ1n) is 3.72. The van der Waals surface area contributed by atoms with Crippen LogP contribution in [0.5, 0.6) is 0 Å². The lowest BCUT2D eigenvalue weighted by atomic mass is 10.4. The zero-order valence-electron chi connectivity index (χ0n) is 7.40. The summed E-state index contributed by atoms with van der Waals surface area (Å²) < 4.78 is 0. The van der Waals surface area contributed by atoms with Crippen LogP contribution < -0.4 is 5.48 Å². The Morgan fingerprint density at radius 2 is 2.47 bits per heavy atom. The van der Waals surface area contributed by atoms with Crippen molar-refractivity contribution >= 4 is 23.4 Å². The number of nitrogens with one attached hydrogen (secondary N) is 1. The number of hydrogen-bond acceptors (Lipinski definition) is 5. The van der Waals surface area contributed by atoms with Gasteiger partial charge in [0, 0.05) is 6.07 Å². The number of carboxylic acids is 1. The molecule has 0 bridgehead atoms. The fourth-order valence-corrected chi connectivity index (χ4v) is 0.913. The number of halogens is 1. The van der Waals surface area contributed by atoms with Crippen molar-refractivity contribution in [3.63, 3.8) is 0 Å². The van der Waals surface area contributed by atoms with Gasteiger partial charge in [-0.05, 0) is 11.6 Å². The Morgan fingerprint density at radius 1 is 1.73 bits per heavy atom. The smallest absolute Gasteiger partial charge is 0.354 e. The number of carbonyl (C=O) groups is 1. The number of carboxylic acid groups (broad SMARTS) is 1. The van der Waals surface area contributed by atoms with Crippen LogP contribution in [0.25, 0.3) is 0 Å². The predicted octanol–water partition coefficient (Wildman–Crippen LogP) is 0.805. The molecule has 15 heavy (non-hydrogen) atoms. The third-order valence-corrected chi connectivity index (χ3v) is 1.42. The summed E-state index contributed by atoms with van der Waals surface area (Å²) in [6, 6.07) is 1.17. The lowest BCUT2D eigenvalue weighted by Gasteiger charge is -2.04. The number of rotatable bonds is 4. The highest BCUT2D eigenvalue weighted by Gasteiger charge is 2.08. The first kappa shape index (κ1) is 11.2. The van der Waals surface area contributed by atoms with Crippen LogP contribution >= 0.6 is 11.6 Å². The van der Waals surface area contributed by atoms with Gasteiger partial charge in [0.05, 0.1) is 0 Å². The second-order valence-electron chi connectivity index (χ2n) is 2.31. The standard InChI is InChI=1S/C8H6ClN3O3/c1-2-3-15-12-6-4-5(7(13)14)10-8(9)11-6/h1,4H,3H2,(H,13,14)(H,10,11,12). The molecule has 1 heterocycles. The molecule has 0 amide bonds. The molecule has 0 radical (unpaired) electrons. The molecule has 0 aliphatic rings. The molecular weight excluding hydrogens is 222 g/mol. The van der Waals surface area contributed by atoms with Gasteiger partial charge < -0.3 is 5.11 Å². The average Bonchev–Trinajstić information content (AvgIpc) is 2.17. The zero-order chi connectivity index (χ0) is 11.3. The van der Waals surface area contributed by atoms with Crippen LogP contribution in [-0.2, 0) is 4.84 Å². The molecule has 1 aromatic rings. The topological polar surface area (TPSA) is 84.3 Å². The molecule has 7 heteroatoms. The van der Waals surface area contributed by atoms with E-state index in [0.717, 1.165) is 0 Å². The molecule has 2 N–H and O–H groups in total. The summed E-state index contributed by atoms with van der Waals surface area (Å²) in [6.45, 7) is 0.0179. The fraction of sp³-hybridized carbons (Fsp3) is 0.125. The van der Waals surface area contributed by atoms with E-state index in [1.165, 1.54) is 6.07 Å². The Morgan fingerprint density at radius 3 is 3.07 bits per heavy atom. The van der Waals surface area contributed by atoms with E-state index < -0.39 is 5.97 Å². The van der Waals surface area contributed by atoms with Gasteiger partial charge in [-0.15, -0.1) is 6.42 Å². The van der Waals surface area contributed by atoms with Gasteiger partial charge in [-0.25, -0.2) is 15.3 Å². The molecule has 0 atom stereocenters. The second-order valence-corrected chi connectivity index (χ2v) is 2.65. The second kappa shape index (κ2) is 5.14. The van der Waals surface area contributed by atoms with Gasteiger partial charge >= 0.3 is 5.97 Å². The van der Waals surface area contributed by atoms with Crippen molar-refractivity contribution in [3.05, 3.63) is 17.0 Å². The van der Waals surface area contributed by atoms with Crippen molar-refractivity contribution < 1.29 is 14.7 Å². The highest BCUT2D eigenvalue weighted by molar-refractivity contribution is 6.28. The van der Waals surface area contributed by atoms with E-state index in [1.54, 1.807) is 0 Å². The molecule has 0 aliphatic carbocycles. The van der Waals surface area contributed by atoms with Gasteiger partial charge in [0.2, 0.25) is 5.28 Å². The van der Waals surface area contributed by atoms with Crippen LogP contribution in [-0.4, -0.2) is 27.7 Å². The highest BCUT2D eigenvalue weighted by Crippen LogP contribution is 2.10. The van der Waals surface area contributed by atoms with Crippen LogP contribution in [0.1, 0.15) is 10.5 Å². The van der Waals surface area contributed by atoms with Crippen LogP contribution in [0, 0.1) is 12.3 Å². The third-order valence-electron chi connectivity index (χ3n) is 1.25. The number of terminal acetylenes is 1. The Hall–Kier alpha value is -1.84. The summed E-state index contributed by atoms with van der Waals surface area (Å²) >= 11 is 5.49. The van der Waals surface area contributed by atoms with Crippen LogP contribution in [0.3, 0.4) is 0 Å². The van der Waals surface area contributed by atoms with Crippen molar-refractivity contribution in [2.45, 2.75) is 0 Å². The van der Waals surface area contributed by atoms with Crippen molar-refractivity contribution in [3.8, 4) is 12.3 Å². The first-order valence-corrected chi connectivity index (χ1v) is 4.10. The van der Waals surface area contributed by atoms with Gasteiger partial charge in [-0.1, -0.05) is 5.92 Å². The molecule has 0 unspecified atom stereocenters. The van der Waals surface area contributed by atoms with Crippen LogP contribution in [0.2, 0.25) is 5.28 Å². The minimum Gasteiger partial charge on any atom is -0.477 e. The van der Waals surface area contributed by atoms with E-state index in [9.17, 15) is 4.79 Å². The van der Waals surface area contributed by atoms with Gasteiger partial charge in [0.25, 0.3) is 0 Å². The van der Waals surface area contributed by atoms with Crippen LogP contribution in [0.15, 0.2) is 6.07 Å². The number of aromatic carboxylic acids is 1. The summed E-state index contributed by atoms with van der Waals surface area (Å²) in [7, 11) is 0. The number of nitrogens with zero attached hydrogens (tertiary/aromatic N) is 2. The first-order chi connectivity index (χ1) is 7.13. The maximum atomic E-state index is 10.6. The zero-order valence-corrected chi connectivity index (χ0v) is 8.15. The van der Waals surface area contributed by atoms with E-state index in [1.807, 2.05) is 0 Å². The van der Waals surface area contributed by atoms with E-state index in [-0.39, 0.29) is 23.4 Å². The van der Waals surface area contributed by atoms with Crippen molar-refractivity contribution in [1.82, 2.24) is 9.97 Å². The molecule has 0 fully saturated rings. The molecule has 0 saturated carbocycles. The Bertz CT molecular complexity index is 416. The Labute approximate surface area is 90.2 Å². The van der Waals surface area contributed by atoms with E-state index in [2.05, 4.69) is 21.4 Å². The fourth-order valence-electron chi connectivity index (χ4n) is 0.731. The van der Waals surface area contributed by atoms with Crippen molar-refractivity contribution in [2.24, 2.45) is 0 Å². The normalized spacial score (nSPS) is 9.33. The lowest BCUT2D eigenvalue weighted by Crippen LogP contribution is -2.07. The summed E-state index contributed by atoms with van der Waals surface area (Å²) in [6.07, 6.45) is 4.93. The summed E-state index contributed by atoms with van der Waals surface area (Å²) in [4.78, 5) is 22.5. The van der Waals surface area contributed by atoms with Gasteiger partial charge in [0.15, 0.2) is 11.5 Å². The predicted molar refractivity (Wildman–Crippen MR) is 52.4 cm³/mol. The molecule has 0 aromatic carbocycles. The van der Waals surface area contributed by atoms with E-state index in [0.29, 0.717) is 0 Å². The molecule has 1 aromatic heterocycles. The minimum absolute atomic E-state index is 0.0179. The summed E-state index contributed by atoms with van der Waals surface area (Å²) in [5.74, 6) is 1.13. The number of hydrogen-bond donors (Lipinski definition) is 2. The van der Waals surface area contributed by atoms with Gasteiger partial charge in [-0.3, -0.25) is 4.84 Å². The van der Waals surface area contributed by atoms with Gasteiger partial charge in [-0.2, -0.15) is 4.98 Å². The lowest BCUT2D eigenvalue weighted by molar-refractivity contribution is 0.0690. The molecular formula is C8H6ClN3O3. The molecule has 78 valence electrons. The molecule has 1 rings (SSSR count). The highest BCUT2D eigenvalue weighted by atomic mass is 35.5. The maximum absolute atomic E-state index is 10.6. The molecule has 0 saturated heterocycles. The average molecular weight is 228 g/mol. The molecule has 0 aliphatic heterocycles. The van der Waals surface area contributed by atoms with Crippen molar-refractivity contribution in [2.75, 3.05) is 12.1 Å². The van der Waals surface area contributed by atoms with Gasteiger partial charge in [0.1, 0.15) is 6.61 Å². The molecule has 6 nitrogen and oxygen atoms in total. The Kier molecular flexibility index (Phi) is 3.85. The third kappa shape index (κ3) is 3.42. The molecule has 0 spiro atoms. The monoisotopic (exact) mass is 227 g/mol. The Balaban J connectivity index is 2.80.